The van der Waals surface area contributed by atoms with Crippen molar-refractivity contribution >= 4 is 17.7 Å². The molecule has 1 aromatic heterocycles. The maximum absolute atomic E-state index is 13.1. The maximum atomic E-state index is 13.1. The number of nitrogens with one attached hydrogen (secondary N) is 1. The smallest absolute Gasteiger partial charge is 0.230 e. The highest BCUT2D eigenvalue weighted by Crippen LogP contribution is 2.23. The third kappa shape index (κ3) is 4.29. The van der Waals surface area contributed by atoms with E-state index in [2.05, 4.69) is 15.5 Å². The van der Waals surface area contributed by atoms with Crippen molar-refractivity contribution in [1.82, 2.24) is 20.1 Å². The molecule has 7 heteroatoms. The van der Waals surface area contributed by atoms with E-state index in [0.717, 1.165) is 11.1 Å². The van der Waals surface area contributed by atoms with E-state index in [1.165, 1.54) is 23.9 Å². The summed E-state index contributed by atoms with van der Waals surface area (Å²) in [4.78, 5) is 12.2. The lowest BCUT2D eigenvalue weighted by Crippen LogP contribution is -2.28. The quantitative estimate of drug-likeness (QED) is 0.674. The fourth-order valence-corrected chi connectivity index (χ4v) is 3.25. The van der Waals surface area contributed by atoms with Crippen molar-refractivity contribution in [2.45, 2.75) is 18.1 Å². The summed E-state index contributed by atoms with van der Waals surface area (Å²) in [5, 5.41) is 11.9. The van der Waals surface area contributed by atoms with Gasteiger partial charge in [0.1, 0.15) is 5.82 Å². The normalized spacial score (nSPS) is 12.0. The van der Waals surface area contributed by atoms with Crippen molar-refractivity contribution in [2.24, 2.45) is 7.05 Å². The monoisotopic (exact) mass is 370 g/mol. The third-order valence-corrected chi connectivity index (χ3v) is 4.97. The molecule has 1 amide bonds. The number of thioether (sulfide) groups is 1. The van der Waals surface area contributed by atoms with Crippen LogP contribution in [0.2, 0.25) is 0 Å². The fraction of sp³-hybridized carbons (Fsp3) is 0.211. The molecule has 3 aromatic rings. The molecule has 0 saturated heterocycles. The molecule has 26 heavy (non-hydrogen) atoms. The average Bonchev–Trinajstić information content (AvgIpc) is 3.02. The van der Waals surface area contributed by atoms with Gasteiger partial charge in [0.25, 0.3) is 0 Å². The van der Waals surface area contributed by atoms with Crippen LogP contribution in [-0.4, -0.2) is 26.4 Å². The van der Waals surface area contributed by atoms with Crippen LogP contribution in [0.5, 0.6) is 0 Å². The summed E-state index contributed by atoms with van der Waals surface area (Å²) < 4.78 is 14.9. The molecular formula is C19H19FN4OS. The van der Waals surface area contributed by atoms with Gasteiger partial charge in [-0.05, 0) is 36.8 Å². The zero-order valence-electron chi connectivity index (χ0n) is 14.5. The van der Waals surface area contributed by atoms with Crippen LogP contribution < -0.4 is 5.32 Å². The Hall–Kier alpha value is -2.67. The second-order valence-corrected chi connectivity index (χ2v) is 6.80. The fourth-order valence-electron chi connectivity index (χ4n) is 2.53. The van der Waals surface area contributed by atoms with Gasteiger partial charge in [-0.3, -0.25) is 4.79 Å². The van der Waals surface area contributed by atoms with Gasteiger partial charge in [-0.25, -0.2) is 4.39 Å². The van der Waals surface area contributed by atoms with Crippen LogP contribution in [0.3, 0.4) is 0 Å². The summed E-state index contributed by atoms with van der Waals surface area (Å²) in [5.74, 6) is 0.505. The number of benzene rings is 2. The van der Waals surface area contributed by atoms with Crippen molar-refractivity contribution in [3.05, 3.63) is 66.0 Å². The first kappa shape index (κ1) is 18.1. The number of aromatic nitrogens is 3. The Kier molecular flexibility index (Phi) is 5.68. The van der Waals surface area contributed by atoms with Crippen molar-refractivity contribution in [1.29, 1.82) is 0 Å². The average molecular weight is 370 g/mol. The van der Waals surface area contributed by atoms with E-state index in [1.54, 1.807) is 16.7 Å². The number of halogens is 1. The van der Waals surface area contributed by atoms with Crippen molar-refractivity contribution < 1.29 is 9.18 Å². The Balaban J connectivity index is 1.60. The van der Waals surface area contributed by atoms with Gasteiger partial charge in [-0.15, -0.1) is 10.2 Å². The first-order valence-corrected chi connectivity index (χ1v) is 9.15. The molecule has 0 aliphatic carbocycles. The molecule has 0 spiro atoms. The largest absolute Gasteiger partial charge is 0.349 e. The third-order valence-electron chi connectivity index (χ3n) is 3.95. The van der Waals surface area contributed by atoms with Crippen LogP contribution >= 0.6 is 11.8 Å². The molecule has 5 nitrogen and oxygen atoms in total. The van der Waals surface area contributed by atoms with E-state index < -0.39 is 0 Å². The molecule has 0 aliphatic rings. The highest BCUT2D eigenvalue weighted by molar-refractivity contribution is 7.99. The summed E-state index contributed by atoms with van der Waals surface area (Å²) in [6.45, 7) is 1.95. The van der Waals surface area contributed by atoms with Gasteiger partial charge < -0.3 is 9.88 Å². The highest BCUT2D eigenvalue weighted by atomic mass is 32.2. The number of nitrogens with zero attached hydrogens (tertiary/aromatic N) is 3. The minimum absolute atomic E-state index is 0.0569. The van der Waals surface area contributed by atoms with E-state index >= 15 is 0 Å². The number of carbonyl (C=O) groups excluding carboxylic acids is 1. The van der Waals surface area contributed by atoms with Crippen LogP contribution in [-0.2, 0) is 11.8 Å². The number of amides is 1. The lowest BCUT2D eigenvalue weighted by molar-refractivity contribution is -0.119. The Morgan fingerprint density at radius 1 is 1.15 bits per heavy atom. The first-order valence-electron chi connectivity index (χ1n) is 8.17. The van der Waals surface area contributed by atoms with Crippen LogP contribution in [0.1, 0.15) is 18.5 Å². The standard InChI is InChI=1S/C19H19FN4OS/c1-13(14-6-4-3-5-7-14)21-17(25)12-26-19-23-22-18(24(19)2)15-8-10-16(20)11-9-15/h3-11,13H,12H2,1-2H3,(H,21,25)/t13-/m0/s1. The summed E-state index contributed by atoms with van der Waals surface area (Å²) in [6, 6.07) is 15.8. The second-order valence-electron chi connectivity index (χ2n) is 5.86. The summed E-state index contributed by atoms with van der Waals surface area (Å²) in [6.07, 6.45) is 0. The Bertz CT molecular complexity index is 880. The molecule has 134 valence electrons. The van der Waals surface area contributed by atoms with Gasteiger partial charge in [0.05, 0.1) is 11.8 Å². The molecular weight excluding hydrogens is 351 g/mol. The highest BCUT2D eigenvalue weighted by Gasteiger charge is 2.14. The summed E-state index contributed by atoms with van der Waals surface area (Å²) in [5.41, 5.74) is 1.83. The molecule has 1 N–H and O–H groups in total. The van der Waals surface area contributed by atoms with Crippen molar-refractivity contribution in [2.75, 3.05) is 5.75 Å². The molecule has 2 aromatic carbocycles. The maximum Gasteiger partial charge on any atom is 0.230 e. The number of carbonyl (C=O) groups is 1. The number of rotatable bonds is 6. The van der Waals surface area contributed by atoms with E-state index in [0.29, 0.717) is 11.0 Å². The first-order chi connectivity index (χ1) is 12.5. The molecule has 0 saturated carbocycles. The number of hydrogen-bond donors (Lipinski definition) is 1. The van der Waals surface area contributed by atoms with Gasteiger partial charge >= 0.3 is 0 Å². The second kappa shape index (κ2) is 8.14. The molecule has 0 fully saturated rings. The Morgan fingerprint density at radius 3 is 2.54 bits per heavy atom. The lowest BCUT2D eigenvalue weighted by Gasteiger charge is -2.13. The van der Waals surface area contributed by atoms with Crippen LogP contribution in [0.25, 0.3) is 11.4 Å². The van der Waals surface area contributed by atoms with E-state index in [-0.39, 0.29) is 23.5 Å². The molecule has 0 radical (unpaired) electrons. The molecule has 0 bridgehead atoms. The van der Waals surface area contributed by atoms with E-state index in [4.69, 9.17) is 0 Å². The summed E-state index contributed by atoms with van der Waals surface area (Å²) >= 11 is 1.31. The zero-order chi connectivity index (χ0) is 18.5. The minimum atomic E-state index is -0.297. The minimum Gasteiger partial charge on any atom is -0.349 e. The van der Waals surface area contributed by atoms with Crippen LogP contribution in [0, 0.1) is 5.82 Å². The van der Waals surface area contributed by atoms with E-state index in [1.807, 2.05) is 44.3 Å². The Labute approximate surface area is 155 Å². The van der Waals surface area contributed by atoms with Gasteiger partial charge in [0.15, 0.2) is 11.0 Å². The van der Waals surface area contributed by atoms with Crippen LogP contribution in [0.15, 0.2) is 59.8 Å². The predicted octanol–water partition coefficient (Wildman–Crippen LogP) is 3.59. The van der Waals surface area contributed by atoms with Gasteiger partial charge in [-0.1, -0.05) is 42.1 Å². The SMILES string of the molecule is C[C@H](NC(=O)CSc1nnc(-c2ccc(F)cc2)n1C)c1ccccc1. The molecule has 1 heterocycles. The van der Waals surface area contributed by atoms with Crippen molar-refractivity contribution in [3.63, 3.8) is 0 Å². The molecule has 1 atom stereocenters. The topological polar surface area (TPSA) is 59.8 Å². The number of hydrogen-bond acceptors (Lipinski definition) is 4. The lowest BCUT2D eigenvalue weighted by atomic mass is 10.1. The van der Waals surface area contributed by atoms with Crippen molar-refractivity contribution in [3.8, 4) is 11.4 Å². The predicted molar refractivity (Wildman–Crippen MR) is 100 cm³/mol. The molecule has 0 unspecified atom stereocenters. The zero-order valence-corrected chi connectivity index (χ0v) is 15.3. The molecule has 0 aliphatic heterocycles. The Morgan fingerprint density at radius 2 is 1.85 bits per heavy atom. The molecule has 3 rings (SSSR count). The summed E-state index contributed by atoms with van der Waals surface area (Å²) in [7, 11) is 1.82. The van der Waals surface area contributed by atoms with Crippen LogP contribution in [0.4, 0.5) is 4.39 Å². The van der Waals surface area contributed by atoms with Gasteiger partial charge in [0.2, 0.25) is 5.91 Å². The van der Waals surface area contributed by atoms with E-state index in [9.17, 15) is 9.18 Å². The van der Waals surface area contributed by atoms with Gasteiger partial charge in [-0.2, -0.15) is 0 Å². The van der Waals surface area contributed by atoms with Gasteiger partial charge in [0, 0.05) is 12.6 Å².